The van der Waals surface area contributed by atoms with E-state index in [0.717, 1.165) is 0 Å². The van der Waals surface area contributed by atoms with Crippen molar-refractivity contribution in [3.8, 4) is 11.1 Å². The van der Waals surface area contributed by atoms with Crippen LogP contribution in [0.15, 0.2) is 60.7 Å². The molecule has 0 spiro atoms. The van der Waals surface area contributed by atoms with E-state index in [0.29, 0.717) is 5.92 Å². The fraction of sp³-hybridized carbons (Fsp3) is 0.407. The first-order valence-electron chi connectivity index (χ1n) is 10.3. The highest BCUT2D eigenvalue weighted by Gasteiger charge is 2.22. The molecule has 146 valence electrons. The fourth-order valence-electron chi connectivity index (χ4n) is 3.34. The minimum Gasteiger partial charge on any atom is -0.0871 e. The molecule has 0 unspecified atom stereocenters. The average molecular weight is 363 g/mol. The molecular formula is C27H38. The molecule has 0 saturated carbocycles. The van der Waals surface area contributed by atoms with Gasteiger partial charge in [-0.05, 0) is 70.7 Å². The molecule has 0 heterocycles. The number of hydrogen-bond acceptors (Lipinski definition) is 0. The summed E-state index contributed by atoms with van der Waals surface area (Å²) >= 11 is 0. The largest absolute Gasteiger partial charge is 0.0871 e. The van der Waals surface area contributed by atoms with Crippen molar-refractivity contribution < 1.29 is 0 Å². The minimum atomic E-state index is 0.0875. The van der Waals surface area contributed by atoms with Crippen molar-refractivity contribution in [3.63, 3.8) is 0 Å². The van der Waals surface area contributed by atoms with E-state index in [1.807, 2.05) is 13.8 Å². The van der Waals surface area contributed by atoms with Crippen LogP contribution in [-0.4, -0.2) is 0 Å². The summed E-state index contributed by atoms with van der Waals surface area (Å²) in [6, 6.07) is 15.6. The molecule has 0 nitrogen and oxygen atoms in total. The predicted octanol–water partition coefficient (Wildman–Crippen LogP) is 8.78. The Morgan fingerprint density at radius 3 is 1.96 bits per heavy atom. The second-order valence-electron chi connectivity index (χ2n) is 8.00. The van der Waals surface area contributed by atoms with Crippen LogP contribution < -0.4 is 0 Å². The Morgan fingerprint density at radius 1 is 0.926 bits per heavy atom. The van der Waals surface area contributed by atoms with Gasteiger partial charge in [0.1, 0.15) is 0 Å². The van der Waals surface area contributed by atoms with E-state index in [9.17, 15) is 0 Å². The molecule has 2 aromatic carbocycles. The molecule has 2 aromatic rings. The molecule has 0 saturated heterocycles. The molecule has 0 aliphatic heterocycles. The molecule has 0 aromatic heterocycles. The minimum absolute atomic E-state index is 0.0875. The highest BCUT2D eigenvalue weighted by molar-refractivity contribution is 5.81. The van der Waals surface area contributed by atoms with Gasteiger partial charge in [-0.25, -0.2) is 0 Å². The highest BCUT2D eigenvalue weighted by atomic mass is 14.3. The Morgan fingerprint density at radius 2 is 1.52 bits per heavy atom. The van der Waals surface area contributed by atoms with Crippen molar-refractivity contribution >= 4 is 5.57 Å². The van der Waals surface area contributed by atoms with Gasteiger partial charge in [0, 0.05) is 0 Å². The summed E-state index contributed by atoms with van der Waals surface area (Å²) in [5.74, 6) is 0.478. The Hall–Kier alpha value is -2.08. The monoisotopic (exact) mass is 362 g/mol. The highest BCUT2D eigenvalue weighted by Crippen LogP contribution is 2.39. The fourth-order valence-corrected chi connectivity index (χ4v) is 3.34. The van der Waals surface area contributed by atoms with E-state index in [1.54, 1.807) is 0 Å². The second-order valence-corrected chi connectivity index (χ2v) is 8.00. The Kier molecular flexibility index (Phi) is 8.76. The van der Waals surface area contributed by atoms with E-state index in [2.05, 4.69) is 109 Å². The zero-order valence-corrected chi connectivity index (χ0v) is 18.9. The maximum atomic E-state index is 2.42. The van der Waals surface area contributed by atoms with Gasteiger partial charge >= 0.3 is 0 Å². The molecule has 0 atom stereocenters. The molecule has 0 heteroatoms. The molecule has 0 bridgehead atoms. The molecule has 0 amide bonds. The third kappa shape index (κ3) is 5.70. The van der Waals surface area contributed by atoms with Crippen molar-refractivity contribution in [2.24, 2.45) is 0 Å². The summed E-state index contributed by atoms with van der Waals surface area (Å²) in [6.45, 7) is 19.7. The van der Waals surface area contributed by atoms with Crippen LogP contribution in [0.4, 0.5) is 0 Å². The first-order valence-corrected chi connectivity index (χ1v) is 10.3. The first kappa shape index (κ1) is 23.0. The molecule has 27 heavy (non-hydrogen) atoms. The lowest BCUT2D eigenvalue weighted by Crippen LogP contribution is -2.15. The second kappa shape index (κ2) is 10.3. The summed E-state index contributed by atoms with van der Waals surface area (Å²) in [7, 11) is 0. The Balaban J connectivity index is 0.00000176. The number of hydrogen-bond donors (Lipinski definition) is 0. The zero-order valence-electron chi connectivity index (χ0n) is 18.9. The van der Waals surface area contributed by atoms with Crippen LogP contribution in [0.2, 0.25) is 0 Å². The molecule has 0 radical (unpaired) electrons. The predicted molar refractivity (Wildman–Crippen MR) is 124 cm³/mol. The standard InChI is InChI=1S/C25H32.C2H6/c1-8-13-19(9-2)23-16-21(18(3)4)22(17-24(23)25(5,6)7)20-14-11-10-12-15-20;1-2/h8-18H,1-7H3;1-2H3/b13-8-,19-9+;. The van der Waals surface area contributed by atoms with Gasteiger partial charge < -0.3 is 0 Å². The summed E-state index contributed by atoms with van der Waals surface area (Å²) in [6.07, 6.45) is 6.57. The average Bonchev–Trinajstić information content (AvgIpc) is 2.66. The lowest BCUT2D eigenvalue weighted by molar-refractivity contribution is 0.588. The molecule has 0 aliphatic carbocycles. The quantitative estimate of drug-likeness (QED) is 0.477. The van der Waals surface area contributed by atoms with Gasteiger partial charge in [-0.15, -0.1) is 0 Å². The van der Waals surface area contributed by atoms with Crippen molar-refractivity contribution in [2.45, 2.75) is 73.6 Å². The third-order valence-electron chi connectivity index (χ3n) is 4.67. The van der Waals surface area contributed by atoms with Crippen LogP contribution in [0.1, 0.15) is 84.9 Å². The maximum absolute atomic E-state index is 2.42. The van der Waals surface area contributed by atoms with E-state index in [-0.39, 0.29) is 5.41 Å². The first-order chi connectivity index (χ1) is 12.8. The van der Waals surface area contributed by atoms with E-state index < -0.39 is 0 Å². The van der Waals surface area contributed by atoms with Crippen LogP contribution in [0, 0.1) is 0 Å². The van der Waals surface area contributed by atoms with Gasteiger partial charge in [-0.3, -0.25) is 0 Å². The number of benzene rings is 2. The number of rotatable bonds is 4. The van der Waals surface area contributed by atoms with Gasteiger partial charge in [0.25, 0.3) is 0 Å². The Bertz CT molecular complexity index is 766. The van der Waals surface area contributed by atoms with Crippen molar-refractivity contribution in [1.82, 2.24) is 0 Å². The van der Waals surface area contributed by atoms with Crippen molar-refractivity contribution in [2.75, 3.05) is 0 Å². The lowest BCUT2D eigenvalue weighted by Gasteiger charge is -2.27. The topological polar surface area (TPSA) is 0 Å². The zero-order chi connectivity index (χ0) is 20.6. The third-order valence-corrected chi connectivity index (χ3v) is 4.67. The molecular weight excluding hydrogens is 324 g/mol. The number of allylic oxidation sites excluding steroid dienone is 4. The van der Waals surface area contributed by atoms with Crippen molar-refractivity contribution in [1.29, 1.82) is 0 Å². The summed E-state index contributed by atoms with van der Waals surface area (Å²) in [5.41, 5.74) is 8.23. The smallest absolute Gasteiger partial charge is 0.0125 e. The SMILES string of the molecule is C/C=C\C(=C/C)c1cc(C(C)C)c(-c2ccccc2)cc1C(C)(C)C.CC. The van der Waals surface area contributed by atoms with Gasteiger partial charge in [-0.2, -0.15) is 0 Å². The maximum Gasteiger partial charge on any atom is -0.0125 e. The van der Waals surface area contributed by atoms with Crippen molar-refractivity contribution in [3.05, 3.63) is 77.4 Å². The normalized spacial score (nSPS) is 12.3. The van der Waals surface area contributed by atoms with Gasteiger partial charge in [0.05, 0.1) is 0 Å². The molecule has 0 fully saturated rings. The van der Waals surface area contributed by atoms with E-state index >= 15 is 0 Å². The summed E-state index contributed by atoms with van der Waals surface area (Å²) in [4.78, 5) is 0. The summed E-state index contributed by atoms with van der Waals surface area (Å²) in [5, 5.41) is 0. The van der Waals surface area contributed by atoms with Crippen LogP contribution in [0.25, 0.3) is 16.7 Å². The lowest BCUT2D eigenvalue weighted by atomic mass is 9.77. The van der Waals surface area contributed by atoms with E-state index in [4.69, 9.17) is 0 Å². The molecule has 2 rings (SSSR count). The van der Waals surface area contributed by atoms with Gasteiger partial charge in [0.2, 0.25) is 0 Å². The van der Waals surface area contributed by atoms with Gasteiger partial charge in [0.15, 0.2) is 0 Å². The van der Waals surface area contributed by atoms with Crippen LogP contribution >= 0.6 is 0 Å². The summed E-state index contributed by atoms with van der Waals surface area (Å²) < 4.78 is 0. The van der Waals surface area contributed by atoms with E-state index in [1.165, 1.54) is 33.4 Å². The van der Waals surface area contributed by atoms with Crippen LogP contribution in [-0.2, 0) is 5.41 Å². The van der Waals surface area contributed by atoms with Crippen LogP contribution in [0.5, 0.6) is 0 Å². The van der Waals surface area contributed by atoms with Gasteiger partial charge in [-0.1, -0.05) is 97.0 Å². The molecule has 0 N–H and O–H groups in total. The van der Waals surface area contributed by atoms with Crippen LogP contribution in [0.3, 0.4) is 0 Å². The Labute approximate surface area is 168 Å². The molecule has 0 aliphatic rings.